The van der Waals surface area contributed by atoms with Gasteiger partial charge in [-0.25, -0.2) is 5.90 Å². The number of fused-ring (bicyclic) bond motifs is 1. The second kappa shape index (κ2) is 3.27. The van der Waals surface area contributed by atoms with Crippen LogP contribution in [-0.4, -0.2) is 44.7 Å². The molecule has 0 aromatic heterocycles. The molecule has 5 nitrogen and oxygen atoms in total. The highest BCUT2D eigenvalue weighted by molar-refractivity contribution is 4.95. The summed E-state index contributed by atoms with van der Waals surface area (Å²) >= 11 is 0. The predicted molar refractivity (Wildman–Crippen MR) is 39.3 cm³/mol. The third-order valence-electron chi connectivity index (χ3n) is 2.44. The van der Waals surface area contributed by atoms with Crippen molar-refractivity contribution in [3.63, 3.8) is 0 Å². The topological polar surface area (TPSA) is 62.9 Å². The van der Waals surface area contributed by atoms with Gasteiger partial charge in [0, 0.05) is 7.11 Å². The molecule has 5 heteroatoms. The van der Waals surface area contributed by atoms with Gasteiger partial charge in [-0.15, -0.1) is 0 Å². The Bertz CT molecular complexity index is 147. The van der Waals surface area contributed by atoms with Crippen LogP contribution < -0.4 is 5.90 Å². The predicted octanol–water partition coefficient (Wildman–Crippen LogP) is -0.942. The van der Waals surface area contributed by atoms with E-state index in [0.717, 1.165) is 0 Å². The zero-order valence-electron chi connectivity index (χ0n) is 6.93. The van der Waals surface area contributed by atoms with Gasteiger partial charge in [0.25, 0.3) is 0 Å². The highest BCUT2D eigenvalue weighted by Crippen LogP contribution is 2.29. The standard InChI is InChI=1S/C7H13NO4/c1-9-4-2-10-7-5(12-8)3-11-6(4)7/h4-7H,2-3,8H2,1H3/t4-,5+,6?,7?/m1/s1. The molecule has 0 amide bonds. The van der Waals surface area contributed by atoms with Gasteiger partial charge in [-0.2, -0.15) is 0 Å². The van der Waals surface area contributed by atoms with Crippen LogP contribution >= 0.6 is 0 Å². The third kappa shape index (κ3) is 1.14. The summed E-state index contributed by atoms with van der Waals surface area (Å²) in [5.41, 5.74) is 0. The van der Waals surface area contributed by atoms with Crippen LogP contribution in [0.4, 0.5) is 0 Å². The normalized spacial score (nSPS) is 46.5. The van der Waals surface area contributed by atoms with Crippen LogP contribution in [0.1, 0.15) is 0 Å². The quantitative estimate of drug-likeness (QED) is 0.549. The first-order chi connectivity index (χ1) is 5.86. The second-order valence-electron chi connectivity index (χ2n) is 3.04. The Labute approximate surface area is 70.7 Å². The number of rotatable bonds is 2. The maximum atomic E-state index is 5.43. The minimum Gasteiger partial charge on any atom is -0.376 e. The smallest absolute Gasteiger partial charge is 0.131 e. The molecule has 2 aliphatic heterocycles. The lowest BCUT2D eigenvalue weighted by molar-refractivity contribution is -0.0428. The Kier molecular flexibility index (Phi) is 2.29. The van der Waals surface area contributed by atoms with Gasteiger partial charge in [-0.1, -0.05) is 0 Å². The number of methoxy groups -OCH3 is 1. The molecular weight excluding hydrogens is 162 g/mol. The van der Waals surface area contributed by atoms with Gasteiger partial charge in [0.15, 0.2) is 0 Å². The Morgan fingerprint density at radius 2 is 1.75 bits per heavy atom. The summed E-state index contributed by atoms with van der Waals surface area (Å²) in [5.74, 6) is 5.08. The van der Waals surface area contributed by atoms with Crippen molar-refractivity contribution in [3.8, 4) is 0 Å². The van der Waals surface area contributed by atoms with E-state index in [4.69, 9.17) is 24.9 Å². The van der Waals surface area contributed by atoms with E-state index in [1.54, 1.807) is 7.11 Å². The van der Waals surface area contributed by atoms with Crippen LogP contribution in [-0.2, 0) is 19.0 Å². The van der Waals surface area contributed by atoms with Crippen molar-refractivity contribution >= 4 is 0 Å². The molecule has 0 aromatic carbocycles. The van der Waals surface area contributed by atoms with Gasteiger partial charge in [0.1, 0.15) is 24.4 Å². The van der Waals surface area contributed by atoms with Crippen molar-refractivity contribution in [2.75, 3.05) is 20.3 Å². The van der Waals surface area contributed by atoms with Crippen molar-refractivity contribution in [3.05, 3.63) is 0 Å². The molecule has 2 fully saturated rings. The molecule has 0 spiro atoms. The fourth-order valence-corrected chi connectivity index (χ4v) is 1.75. The van der Waals surface area contributed by atoms with Gasteiger partial charge in [-0.3, -0.25) is 4.84 Å². The van der Waals surface area contributed by atoms with E-state index in [1.807, 2.05) is 0 Å². The lowest BCUT2D eigenvalue weighted by Crippen LogP contribution is -2.34. The molecule has 2 N–H and O–H groups in total. The largest absolute Gasteiger partial charge is 0.376 e. The summed E-state index contributed by atoms with van der Waals surface area (Å²) < 4.78 is 16.0. The first-order valence-electron chi connectivity index (χ1n) is 3.98. The van der Waals surface area contributed by atoms with Crippen LogP contribution in [0.15, 0.2) is 0 Å². The SMILES string of the molecule is CO[C@@H]1COC2C1OC[C@@H]2ON. The van der Waals surface area contributed by atoms with E-state index in [1.165, 1.54) is 0 Å². The zero-order chi connectivity index (χ0) is 8.55. The van der Waals surface area contributed by atoms with E-state index < -0.39 is 0 Å². The molecular formula is C7H13NO4. The summed E-state index contributed by atoms with van der Waals surface area (Å²) in [6.45, 7) is 1.05. The van der Waals surface area contributed by atoms with Crippen molar-refractivity contribution < 1.29 is 19.0 Å². The van der Waals surface area contributed by atoms with Crippen molar-refractivity contribution in [1.29, 1.82) is 0 Å². The molecule has 0 aromatic rings. The zero-order valence-corrected chi connectivity index (χ0v) is 6.93. The molecule has 2 heterocycles. The lowest BCUT2D eigenvalue weighted by atomic mass is 10.1. The van der Waals surface area contributed by atoms with Crippen molar-refractivity contribution in [2.45, 2.75) is 24.4 Å². The summed E-state index contributed by atoms with van der Waals surface area (Å²) in [5, 5.41) is 0. The molecule has 2 saturated heterocycles. The average molecular weight is 175 g/mol. The Morgan fingerprint density at radius 1 is 1.17 bits per heavy atom. The monoisotopic (exact) mass is 175 g/mol. The van der Waals surface area contributed by atoms with Crippen LogP contribution in [0.5, 0.6) is 0 Å². The van der Waals surface area contributed by atoms with Crippen LogP contribution in [0.2, 0.25) is 0 Å². The maximum absolute atomic E-state index is 5.43. The van der Waals surface area contributed by atoms with Crippen LogP contribution in [0, 0.1) is 0 Å². The Morgan fingerprint density at radius 3 is 2.33 bits per heavy atom. The van der Waals surface area contributed by atoms with E-state index in [0.29, 0.717) is 13.2 Å². The number of hydrogen-bond donors (Lipinski definition) is 1. The van der Waals surface area contributed by atoms with Crippen molar-refractivity contribution in [1.82, 2.24) is 0 Å². The molecule has 0 aliphatic carbocycles. The van der Waals surface area contributed by atoms with Gasteiger partial charge < -0.3 is 14.2 Å². The Hall–Kier alpha value is -0.200. The van der Waals surface area contributed by atoms with Gasteiger partial charge in [-0.05, 0) is 0 Å². The molecule has 12 heavy (non-hydrogen) atoms. The maximum Gasteiger partial charge on any atom is 0.131 e. The molecule has 2 aliphatic rings. The van der Waals surface area contributed by atoms with Gasteiger partial charge in [0.2, 0.25) is 0 Å². The first-order valence-corrected chi connectivity index (χ1v) is 3.98. The third-order valence-corrected chi connectivity index (χ3v) is 2.44. The summed E-state index contributed by atoms with van der Waals surface area (Å²) in [7, 11) is 1.65. The fourth-order valence-electron chi connectivity index (χ4n) is 1.75. The Balaban J connectivity index is 2.01. The number of hydrogen-bond acceptors (Lipinski definition) is 5. The highest BCUT2D eigenvalue weighted by Gasteiger charge is 2.48. The number of ether oxygens (including phenoxy) is 3. The summed E-state index contributed by atoms with van der Waals surface area (Å²) in [6, 6.07) is 0. The van der Waals surface area contributed by atoms with Crippen LogP contribution in [0.25, 0.3) is 0 Å². The minimum atomic E-state index is -0.143. The van der Waals surface area contributed by atoms with E-state index in [9.17, 15) is 0 Å². The van der Waals surface area contributed by atoms with Gasteiger partial charge in [0.05, 0.1) is 13.2 Å². The highest BCUT2D eigenvalue weighted by atomic mass is 16.7. The fraction of sp³-hybridized carbons (Fsp3) is 1.00. The van der Waals surface area contributed by atoms with E-state index >= 15 is 0 Å². The summed E-state index contributed by atoms with van der Waals surface area (Å²) in [4.78, 5) is 4.71. The minimum absolute atomic E-state index is 0.0106. The molecule has 70 valence electrons. The summed E-state index contributed by atoms with van der Waals surface area (Å²) in [6.07, 6.45) is -0.186. The average Bonchev–Trinajstić information content (AvgIpc) is 2.62. The molecule has 0 radical (unpaired) electrons. The lowest BCUT2D eigenvalue weighted by Gasteiger charge is -2.13. The van der Waals surface area contributed by atoms with E-state index in [2.05, 4.69) is 0 Å². The van der Waals surface area contributed by atoms with E-state index in [-0.39, 0.29) is 24.4 Å². The molecule has 2 unspecified atom stereocenters. The first kappa shape index (κ1) is 8.40. The molecule has 4 atom stereocenters. The molecule has 0 saturated carbocycles. The van der Waals surface area contributed by atoms with Crippen molar-refractivity contribution in [2.24, 2.45) is 5.90 Å². The second-order valence-corrected chi connectivity index (χ2v) is 3.04. The number of nitrogens with two attached hydrogens (primary N) is 1. The molecule has 2 rings (SSSR count). The van der Waals surface area contributed by atoms with Crippen LogP contribution in [0.3, 0.4) is 0 Å². The van der Waals surface area contributed by atoms with Gasteiger partial charge >= 0.3 is 0 Å². The molecule has 0 bridgehead atoms.